The van der Waals surface area contributed by atoms with Gasteiger partial charge in [-0.1, -0.05) is 12.1 Å². The maximum absolute atomic E-state index is 12.4. The molecule has 0 aliphatic heterocycles. The molecule has 0 radical (unpaired) electrons. The lowest BCUT2D eigenvalue weighted by molar-refractivity contribution is 0.102. The Morgan fingerprint density at radius 2 is 2.00 bits per heavy atom. The van der Waals surface area contributed by atoms with Crippen molar-refractivity contribution in [3.8, 4) is 0 Å². The number of H-pyrrole nitrogens is 1. The average molecular weight is 277 g/mol. The van der Waals surface area contributed by atoms with E-state index in [-0.39, 0.29) is 11.5 Å². The Morgan fingerprint density at radius 1 is 1.30 bits per heavy atom. The van der Waals surface area contributed by atoms with Crippen LogP contribution in [0.15, 0.2) is 30.3 Å². The summed E-state index contributed by atoms with van der Waals surface area (Å²) in [4.78, 5) is 11.9. The van der Waals surface area contributed by atoms with E-state index in [1.165, 1.54) is 24.3 Å². The van der Waals surface area contributed by atoms with E-state index in [1.807, 2.05) is 6.07 Å². The molecule has 1 aromatic carbocycles. The molecule has 3 rings (SSSR count). The zero-order chi connectivity index (χ0) is 14.1. The van der Waals surface area contributed by atoms with Gasteiger partial charge in [-0.25, -0.2) is 8.78 Å². The van der Waals surface area contributed by atoms with Gasteiger partial charge in [0.1, 0.15) is 0 Å². The third kappa shape index (κ3) is 2.68. The fourth-order valence-electron chi connectivity index (χ4n) is 1.97. The molecule has 1 aliphatic carbocycles. The maximum atomic E-state index is 12.4. The van der Waals surface area contributed by atoms with Crippen LogP contribution in [0, 0.1) is 0 Å². The van der Waals surface area contributed by atoms with Gasteiger partial charge in [0.2, 0.25) is 0 Å². The number of nitrogens with one attached hydrogen (secondary N) is 2. The largest absolute Gasteiger partial charge is 0.305 e. The van der Waals surface area contributed by atoms with E-state index in [4.69, 9.17) is 0 Å². The van der Waals surface area contributed by atoms with Crippen molar-refractivity contribution in [3.63, 3.8) is 0 Å². The third-order valence-electron chi connectivity index (χ3n) is 3.28. The molecule has 2 aromatic rings. The zero-order valence-electron chi connectivity index (χ0n) is 10.6. The van der Waals surface area contributed by atoms with Gasteiger partial charge in [-0.15, -0.1) is 0 Å². The molecule has 0 bridgehead atoms. The molecule has 1 heterocycles. The van der Waals surface area contributed by atoms with Gasteiger partial charge in [0, 0.05) is 28.8 Å². The highest BCUT2D eigenvalue weighted by molar-refractivity contribution is 6.03. The first-order valence-corrected chi connectivity index (χ1v) is 6.38. The van der Waals surface area contributed by atoms with Crippen LogP contribution in [0.4, 0.5) is 14.6 Å². The minimum Gasteiger partial charge on any atom is -0.305 e. The van der Waals surface area contributed by atoms with Gasteiger partial charge in [-0.05, 0) is 25.0 Å². The first-order valence-electron chi connectivity index (χ1n) is 6.38. The summed E-state index contributed by atoms with van der Waals surface area (Å²) in [6, 6.07) is 7.07. The molecule has 1 aromatic heterocycles. The van der Waals surface area contributed by atoms with Gasteiger partial charge in [-0.3, -0.25) is 9.89 Å². The van der Waals surface area contributed by atoms with Crippen LogP contribution in [0.5, 0.6) is 0 Å². The monoisotopic (exact) mass is 277 g/mol. The highest BCUT2D eigenvalue weighted by atomic mass is 19.3. The van der Waals surface area contributed by atoms with Crippen LogP contribution in [0.25, 0.3) is 0 Å². The van der Waals surface area contributed by atoms with Gasteiger partial charge >= 0.3 is 0 Å². The van der Waals surface area contributed by atoms with Crippen molar-refractivity contribution in [3.05, 3.63) is 47.2 Å². The second-order valence-electron chi connectivity index (χ2n) is 4.86. The minimum atomic E-state index is -2.53. The number of hydrogen-bond donors (Lipinski definition) is 2. The number of alkyl halides is 2. The molecule has 0 unspecified atom stereocenters. The summed E-state index contributed by atoms with van der Waals surface area (Å²) in [6.45, 7) is 0. The number of aromatic nitrogens is 2. The number of anilines is 1. The predicted octanol–water partition coefficient (Wildman–Crippen LogP) is 3.48. The SMILES string of the molecule is O=C(Nc1cc(C2CC2)[nH]n1)c1ccc(C(F)F)cc1. The second-order valence-corrected chi connectivity index (χ2v) is 4.86. The van der Waals surface area contributed by atoms with Gasteiger partial charge in [-0.2, -0.15) is 5.10 Å². The van der Waals surface area contributed by atoms with E-state index in [1.54, 1.807) is 0 Å². The molecule has 1 aliphatic rings. The van der Waals surface area contributed by atoms with Crippen LogP contribution in [-0.2, 0) is 0 Å². The average Bonchev–Trinajstić information content (AvgIpc) is 3.20. The van der Waals surface area contributed by atoms with Crippen molar-refractivity contribution in [2.45, 2.75) is 25.2 Å². The second kappa shape index (κ2) is 5.03. The summed E-state index contributed by atoms with van der Waals surface area (Å²) in [5.74, 6) is 0.618. The number of hydrogen-bond acceptors (Lipinski definition) is 2. The molecule has 6 heteroatoms. The van der Waals surface area contributed by atoms with Crippen LogP contribution in [0.2, 0.25) is 0 Å². The number of benzene rings is 1. The lowest BCUT2D eigenvalue weighted by Crippen LogP contribution is -2.12. The van der Waals surface area contributed by atoms with Crippen LogP contribution in [-0.4, -0.2) is 16.1 Å². The number of carbonyl (C=O) groups is 1. The van der Waals surface area contributed by atoms with Gasteiger partial charge in [0.25, 0.3) is 12.3 Å². The highest BCUT2D eigenvalue weighted by Gasteiger charge is 2.25. The number of halogens is 2. The van der Waals surface area contributed by atoms with E-state index >= 15 is 0 Å². The molecule has 1 fully saturated rings. The van der Waals surface area contributed by atoms with Gasteiger partial charge in [0.05, 0.1) is 0 Å². The van der Waals surface area contributed by atoms with Crippen LogP contribution in [0.1, 0.15) is 46.8 Å². The summed E-state index contributed by atoms with van der Waals surface area (Å²) in [5, 5.41) is 9.54. The van der Waals surface area contributed by atoms with Gasteiger partial charge in [0.15, 0.2) is 5.82 Å². The Morgan fingerprint density at radius 3 is 2.60 bits per heavy atom. The van der Waals surface area contributed by atoms with Crippen molar-refractivity contribution in [2.75, 3.05) is 5.32 Å². The standard InChI is InChI=1S/C14H13F2N3O/c15-13(16)9-3-5-10(6-4-9)14(20)17-12-7-11(18-19-12)8-1-2-8/h3-8,13H,1-2H2,(H2,17,18,19,20). The number of carbonyl (C=O) groups excluding carboxylic acids is 1. The number of rotatable bonds is 4. The van der Waals surface area contributed by atoms with Crippen molar-refractivity contribution < 1.29 is 13.6 Å². The highest BCUT2D eigenvalue weighted by Crippen LogP contribution is 2.39. The van der Waals surface area contributed by atoms with Crippen LogP contribution >= 0.6 is 0 Å². The quantitative estimate of drug-likeness (QED) is 0.899. The summed E-state index contributed by atoms with van der Waals surface area (Å²) in [6.07, 6.45) is -0.241. The van der Waals surface area contributed by atoms with E-state index in [2.05, 4.69) is 15.5 Å². The third-order valence-corrected chi connectivity index (χ3v) is 3.28. The van der Waals surface area contributed by atoms with Crippen molar-refractivity contribution in [1.29, 1.82) is 0 Å². The molecule has 104 valence electrons. The Bertz CT molecular complexity index is 618. The topological polar surface area (TPSA) is 57.8 Å². The van der Waals surface area contributed by atoms with E-state index < -0.39 is 6.43 Å². The first kappa shape index (κ1) is 12.8. The number of amides is 1. The van der Waals surface area contributed by atoms with Crippen molar-refractivity contribution in [1.82, 2.24) is 10.2 Å². The smallest absolute Gasteiger partial charge is 0.263 e. The molecule has 0 saturated heterocycles. The zero-order valence-corrected chi connectivity index (χ0v) is 10.6. The van der Waals surface area contributed by atoms with Crippen LogP contribution in [0.3, 0.4) is 0 Å². The van der Waals surface area contributed by atoms with E-state index in [0.717, 1.165) is 18.5 Å². The van der Waals surface area contributed by atoms with Crippen molar-refractivity contribution in [2.24, 2.45) is 0 Å². The first-order chi connectivity index (χ1) is 9.63. The molecule has 0 atom stereocenters. The maximum Gasteiger partial charge on any atom is 0.263 e. The number of aromatic amines is 1. The summed E-state index contributed by atoms with van der Waals surface area (Å²) >= 11 is 0. The summed E-state index contributed by atoms with van der Waals surface area (Å²) in [7, 11) is 0. The molecule has 4 nitrogen and oxygen atoms in total. The molecule has 1 amide bonds. The lowest BCUT2D eigenvalue weighted by atomic mass is 10.1. The van der Waals surface area contributed by atoms with E-state index in [9.17, 15) is 13.6 Å². The molecular formula is C14H13F2N3O. The molecular weight excluding hydrogens is 264 g/mol. The van der Waals surface area contributed by atoms with Gasteiger partial charge < -0.3 is 5.32 Å². The summed E-state index contributed by atoms with van der Waals surface area (Å²) in [5.41, 5.74) is 1.25. The molecule has 0 spiro atoms. The Kier molecular flexibility index (Phi) is 3.22. The molecule has 1 saturated carbocycles. The van der Waals surface area contributed by atoms with E-state index in [0.29, 0.717) is 17.3 Å². The normalized spacial score (nSPS) is 14.6. The van der Waals surface area contributed by atoms with Crippen molar-refractivity contribution >= 4 is 11.7 Å². The Hall–Kier alpha value is -2.24. The predicted molar refractivity (Wildman–Crippen MR) is 69.9 cm³/mol. The number of nitrogens with zero attached hydrogens (tertiary/aromatic N) is 1. The lowest BCUT2D eigenvalue weighted by Gasteiger charge is -2.03. The Labute approximate surface area is 114 Å². The summed E-state index contributed by atoms with van der Waals surface area (Å²) < 4.78 is 24.8. The Balaban J connectivity index is 1.68. The molecule has 20 heavy (non-hydrogen) atoms. The fourth-order valence-corrected chi connectivity index (χ4v) is 1.97. The molecule has 2 N–H and O–H groups in total. The van der Waals surface area contributed by atoms with Crippen LogP contribution < -0.4 is 5.32 Å². The minimum absolute atomic E-state index is 0.0997. The fraction of sp³-hybridized carbons (Fsp3) is 0.286.